The molecule has 0 aliphatic carbocycles. The van der Waals surface area contributed by atoms with E-state index in [0.29, 0.717) is 10.1 Å². The maximum absolute atomic E-state index is 12.1. The SMILES string of the molecule is CSc1ccc(/C=C2/SC(=Nc3ccc(C)cc3)NC2=O)cc1. The number of hydrogen-bond donors (Lipinski definition) is 1. The number of carbonyl (C=O) groups excluding carboxylic acids is 1. The molecule has 1 aliphatic rings. The molecule has 1 N–H and O–H groups in total. The van der Waals surface area contributed by atoms with E-state index in [4.69, 9.17) is 0 Å². The van der Waals surface area contributed by atoms with Gasteiger partial charge in [0.15, 0.2) is 5.17 Å². The molecule has 116 valence electrons. The molecule has 3 rings (SSSR count). The Morgan fingerprint density at radius 2 is 1.78 bits per heavy atom. The van der Waals surface area contributed by atoms with E-state index in [9.17, 15) is 4.79 Å². The van der Waals surface area contributed by atoms with Gasteiger partial charge in [0.25, 0.3) is 5.91 Å². The van der Waals surface area contributed by atoms with Crippen molar-refractivity contribution in [2.24, 2.45) is 4.99 Å². The number of benzene rings is 2. The summed E-state index contributed by atoms with van der Waals surface area (Å²) in [5.41, 5.74) is 3.03. The first kappa shape index (κ1) is 15.9. The van der Waals surface area contributed by atoms with Gasteiger partial charge in [-0.3, -0.25) is 4.79 Å². The summed E-state index contributed by atoms with van der Waals surface area (Å²) in [6, 6.07) is 16.0. The molecule has 2 aromatic rings. The molecule has 0 bridgehead atoms. The number of hydrogen-bond acceptors (Lipinski definition) is 4. The van der Waals surface area contributed by atoms with Gasteiger partial charge in [0, 0.05) is 4.90 Å². The molecule has 0 unspecified atom stereocenters. The third kappa shape index (κ3) is 4.06. The van der Waals surface area contributed by atoms with E-state index in [-0.39, 0.29) is 5.91 Å². The topological polar surface area (TPSA) is 41.5 Å². The first-order valence-electron chi connectivity index (χ1n) is 7.14. The van der Waals surface area contributed by atoms with Crippen molar-refractivity contribution in [3.05, 3.63) is 64.6 Å². The highest BCUT2D eigenvalue weighted by Gasteiger charge is 2.23. The monoisotopic (exact) mass is 340 g/mol. The highest BCUT2D eigenvalue weighted by Crippen LogP contribution is 2.28. The van der Waals surface area contributed by atoms with Gasteiger partial charge in [-0.1, -0.05) is 29.8 Å². The van der Waals surface area contributed by atoms with Crippen LogP contribution in [0.2, 0.25) is 0 Å². The van der Waals surface area contributed by atoms with Gasteiger partial charge in [0.05, 0.1) is 10.6 Å². The van der Waals surface area contributed by atoms with E-state index >= 15 is 0 Å². The second kappa shape index (κ2) is 7.06. The molecule has 1 saturated heterocycles. The molecule has 0 atom stereocenters. The Morgan fingerprint density at radius 3 is 2.43 bits per heavy atom. The van der Waals surface area contributed by atoms with Gasteiger partial charge in [-0.25, -0.2) is 4.99 Å². The second-order valence-corrected chi connectivity index (χ2v) is 7.00. The number of aryl methyl sites for hydroxylation is 1. The molecule has 0 aromatic heterocycles. The molecule has 0 spiro atoms. The molecule has 1 heterocycles. The predicted octanol–water partition coefficient (Wildman–Crippen LogP) is 4.61. The number of aliphatic imine (C=N–C) groups is 1. The Morgan fingerprint density at radius 1 is 1.09 bits per heavy atom. The van der Waals surface area contributed by atoms with Crippen LogP contribution in [0.3, 0.4) is 0 Å². The van der Waals surface area contributed by atoms with Crippen molar-refractivity contribution < 1.29 is 4.79 Å². The van der Waals surface area contributed by atoms with Gasteiger partial charge in [0.1, 0.15) is 0 Å². The summed E-state index contributed by atoms with van der Waals surface area (Å²) in [5.74, 6) is -0.102. The van der Waals surface area contributed by atoms with Crippen LogP contribution in [0.15, 0.2) is 63.3 Å². The third-order valence-corrected chi connectivity index (χ3v) is 4.98. The maximum atomic E-state index is 12.1. The zero-order chi connectivity index (χ0) is 16.2. The lowest BCUT2D eigenvalue weighted by Crippen LogP contribution is -2.19. The Bertz CT molecular complexity index is 778. The van der Waals surface area contributed by atoms with Gasteiger partial charge in [0.2, 0.25) is 0 Å². The fourth-order valence-corrected chi connectivity index (χ4v) is 3.32. The fraction of sp³-hybridized carbons (Fsp3) is 0.111. The highest BCUT2D eigenvalue weighted by molar-refractivity contribution is 8.18. The van der Waals surface area contributed by atoms with Crippen LogP contribution in [0.4, 0.5) is 5.69 Å². The molecule has 23 heavy (non-hydrogen) atoms. The average Bonchev–Trinajstić information content (AvgIpc) is 2.90. The summed E-state index contributed by atoms with van der Waals surface area (Å²) in [5, 5.41) is 3.43. The van der Waals surface area contributed by atoms with Crippen molar-refractivity contribution in [3.8, 4) is 0 Å². The molecule has 0 radical (unpaired) electrons. The molecule has 3 nitrogen and oxygen atoms in total. The molecule has 1 fully saturated rings. The molecular weight excluding hydrogens is 324 g/mol. The zero-order valence-electron chi connectivity index (χ0n) is 12.9. The van der Waals surface area contributed by atoms with Gasteiger partial charge >= 0.3 is 0 Å². The Kier molecular flexibility index (Phi) is 4.88. The standard InChI is InChI=1S/C18H16N2OS2/c1-12-3-7-14(8-4-12)19-18-20-17(21)16(23-18)11-13-5-9-15(22-2)10-6-13/h3-11H,1-2H3,(H,19,20,21)/b16-11+. The van der Waals surface area contributed by atoms with E-state index in [0.717, 1.165) is 11.3 Å². The van der Waals surface area contributed by atoms with E-state index in [1.54, 1.807) is 11.8 Å². The van der Waals surface area contributed by atoms with Crippen molar-refractivity contribution in [2.75, 3.05) is 6.26 Å². The van der Waals surface area contributed by atoms with Crippen molar-refractivity contribution >= 4 is 46.4 Å². The van der Waals surface area contributed by atoms with Gasteiger partial charge in [-0.05, 0) is 60.8 Å². The minimum Gasteiger partial charge on any atom is -0.300 e. The van der Waals surface area contributed by atoms with Crippen LogP contribution < -0.4 is 5.32 Å². The number of amidine groups is 1. The summed E-state index contributed by atoms with van der Waals surface area (Å²) in [6.45, 7) is 2.03. The van der Waals surface area contributed by atoms with E-state index < -0.39 is 0 Å². The quantitative estimate of drug-likeness (QED) is 0.655. The first-order valence-corrected chi connectivity index (χ1v) is 9.18. The van der Waals surface area contributed by atoms with E-state index in [1.807, 2.05) is 55.7 Å². The smallest absolute Gasteiger partial charge is 0.264 e. The Hall–Kier alpha value is -1.98. The molecule has 5 heteroatoms. The van der Waals surface area contributed by atoms with Crippen LogP contribution in [0, 0.1) is 6.92 Å². The number of rotatable bonds is 3. The first-order chi connectivity index (χ1) is 11.1. The van der Waals surface area contributed by atoms with Crippen LogP contribution in [0.1, 0.15) is 11.1 Å². The maximum Gasteiger partial charge on any atom is 0.264 e. The third-order valence-electron chi connectivity index (χ3n) is 3.33. The summed E-state index contributed by atoms with van der Waals surface area (Å²) in [6.07, 6.45) is 3.93. The van der Waals surface area contributed by atoms with Crippen molar-refractivity contribution in [2.45, 2.75) is 11.8 Å². The number of thioether (sulfide) groups is 2. The van der Waals surface area contributed by atoms with Crippen molar-refractivity contribution in [1.82, 2.24) is 5.32 Å². The minimum absolute atomic E-state index is 0.102. The number of nitrogens with one attached hydrogen (secondary N) is 1. The number of amides is 1. The molecule has 1 aliphatic heterocycles. The van der Waals surface area contributed by atoms with Crippen molar-refractivity contribution in [1.29, 1.82) is 0 Å². The minimum atomic E-state index is -0.102. The van der Waals surface area contributed by atoms with Gasteiger partial charge in [-0.15, -0.1) is 11.8 Å². The van der Waals surface area contributed by atoms with Crippen LogP contribution in [0.5, 0.6) is 0 Å². The van der Waals surface area contributed by atoms with Crippen LogP contribution >= 0.6 is 23.5 Å². The molecule has 1 amide bonds. The number of nitrogens with zero attached hydrogens (tertiary/aromatic N) is 1. The number of carbonyl (C=O) groups is 1. The van der Waals surface area contributed by atoms with Gasteiger partial charge < -0.3 is 5.32 Å². The van der Waals surface area contributed by atoms with E-state index in [2.05, 4.69) is 22.4 Å². The lowest BCUT2D eigenvalue weighted by Gasteiger charge is -1.98. The molecular formula is C18H16N2OS2. The summed E-state index contributed by atoms with van der Waals surface area (Å²) in [4.78, 5) is 18.4. The summed E-state index contributed by atoms with van der Waals surface area (Å²) < 4.78 is 0. The lowest BCUT2D eigenvalue weighted by atomic mass is 10.2. The molecule has 0 saturated carbocycles. The second-order valence-electron chi connectivity index (χ2n) is 5.09. The fourth-order valence-electron chi connectivity index (χ4n) is 2.07. The van der Waals surface area contributed by atoms with Crippen LogP contribution in [-0.2, 0) is 4.79 Å². The normalized spacial score (nSPS) is 17.7. The lowest BCUT2D eigenvalue weighted by molar-refractivity contribution is -0.115. The van der Waals surface area contributed by atoms with E-state index in [1.165, 1.54) is 22.2 Å². The molecule has 2 aromatic carbocycles. The van der Waals surface area contributed by atoms with Crippen LogP contribution in [-0.4, -0.2) is 17.3 Å². The average molecular weight is 340 g/mol. The largest absolute Gasteiger partial charge is 0.300 e. The summed E-state index contributed by atoms with van der Waals surface area (Å²) >= 11 is 3.07. The Labute approximate surface area is 144 Å². The summed E-state index contributed by atoms with van der Waals surface area (Å²) in [7, 11) is 0. The van der Waals surface area contributed by atoms with Gasteiger partial charge in [-0.2, -0.15) is 0 Å². The van der Waals surface area contributed by atoms with Crippen molar-refractivity contribution in [3.63, 3.8) is 0 Å². The Balaban J connectivity index is 1.78. The predicted molar refractivity (Wildman–Crippen MR) is 100 cm³/mol. The van der Waals surface area contributed by atoms with Crippen LogP contribution in [0.25, 0.3) is 6.08 Å². The highest BCUT2D eigenvalue weighted by atomic mass is 32.2. The zero-order valence-corrected chi connectivity index (χ0v) is 14.5.